The van der Waals surface area contributed by atoms with Crippen LogP contribution in [0.5, 0.6) is 0 Å². The zero-order chi connectivity index (χ0) is 39.7. The number of Topliss-reactive ketones (excluding diaryl/α,β-unsaturated/α-hetero) is 2. The van der Waals surface area contributed by atoms with Crippen molar-refractivity contribution in [3.8, 4) is 0 Å². The Kier molecular flexibility index (Phi) is 27.3. The molecule has 0 aliphatic carbocycles. The lowest BCUT2D eigenvalue weighted by atomic mass is 10.2. The highest BCUT2D eigenvalue weighted by Crippen LogP contribution is 2.37. The summed E-state index contributed by atoms with van der Waals surface area (Å²) in [5.74, 6) is -0.613. The molecule has 0 spiro atoms. The lowest BCUT2D eigenvalue weighted by molar-refractivity contribution is 0.0821. The second-order valence-electron chi connectivity index (χ2n) is 16.7. The number of halogens is 2. The second kappa shape index (κ2) is 29.4. The predicted molar refractivity (Wildman–Crippen MR) is 257 cm³/mol. The molecule has 2 aromatic rings. The first kappa shape index (κ1) is 50.3. The van der Waals surface area contributed by atoms with Crippen LogP contribution in [0.4, 0.5) is 0 Å². The van der Waals surface area contributed by atoms with E-state index >= 15 is 0 Å². The van der Waals surface area contributed by atoms with Crippen LogP contribution in [0, 0.1) is 0 Å². The fourth-order valence-electron chi connectivity index (χ4n) is 8.61. The second-order valence-corrected chi connectivity index (χ2v) is 30.4. The quantitative estimate of drug-likeness (QED) is 0.0299. The van der Waals surface area contributed by atoms with E-state index in [1.165, 1.54) is 199 Å². The third-order valence-corrected chi connectivity index (χ3v) is 29.2. The van der Waals surface area contributed by atoms with Crippen LogP contribution in [-0.4, -0.2) is 27.7 Å². The number of unbranched alkanes of at least 4 members (excludes halogenated alkanes) is 18. The van der Waals surface area contributed by atoms with E-state index in [2.05, 4.69) is 85.5 Å². The van der Waals surface area contributed by atoms with Crippen molar-refractivity contribution >= 4 is 91.2 Å². The highest BCUT2D eigenvalue weighted by molar-refractivity contribution is 9.11. The average molecular weight is 945 g/mol. The zero-order valence-electron chi connectivity index (χ0n) is 35.8. The summed E-state index contributed by atoms with van der Waals surface area (Å²) >= 11 is 11.1. The van der Waals surface area contributed by atoms with Gasteiger partial charge in [0.05, 0.1) is 25.9 Å². The molecule has 0 N–H and O–H groups in total. The van der Waals surface area contributed by atoms with Crippen molar-refractivity contribution in [1.82, 2.24) is 0 Å². The fourth-order valence-corrected chi connectivity index (χ4v) is 25.7. The first-order chi connectivity index (χ1) is 26.2. The van der Waals surface area contributed by atoms with E-state index in [-0.39, 0.29) is 11.6 Å². The molecule has 0 aliphatic rings. The van der Waals surface area contributed by atoms with Crippen LogP contribution in [0.3, 0.4) is 0 Å². The number of rotatable bonds is 35. The van der Waals surface area contributed by atoms with Crippen molar-refractivity contribution < 1.29 is 9.59 Å². The summed E-state index contributed by atoms with van der Waals surface area (Å²) in [4.78, 5) is 30.1. The Balaban J connectivity index is 2.52. The molecule has 2 nitrogen and oxygen atoms in total. The minimum absolute atomic E-state index is 0.306. The average Bonchev–Trinajstić information content (AvgIpc) is 3.77. The molecule has 0 saturated carbocycles. The van der Waals surface area contributed by atoms with E-state index in [1.54, 1.807) is 22.7 Å². The third kappa shape index (κ3) is 16.8. The van der Waals surface area contributed by atoms with Crippen LogP contribution >= 0.6 is 54.5 Å². The van der Waals surface area contributed by atoms with Gasteiger partial charge < -0.3 is 0 Å². The van der Waals surface area contributed by atoms with E-state index in [1.807, 2.05) is 0 Å². The highest BCUT2D eigenvalue weighted by Gasteiger charge is 2.39. The van der Waals surface area contributed by atoms with Gasteiger partial charge in [0.2, 0.25) is 11.6 Å². The van der Waals surface area contributed by atoms with Gasteiger partial charge in [0.15, 0.2) is 0 Å². The van der Waals surface area contributed by atoms with Gasteiger partial charge in [-0.15, -0.1) is 22.7 Å². The summed E-state index contributed by atoms with van der Waals surface area (Å²) in [6.45, 7) is 13.8. The Hall–Kier alpha value is 0.134. The third-order valence-electron chi connectivity index (χ3n) is 12.1. The summed E-state index contributed by atoms with van der Waals surface area (Å²) in [6.07, 6.45) is 31.0. The molecule has 0 fully saturated rings. The van der Waals surface area contributed by atoms with Crippen molar-refractivity contribution in [2.24, 2.45) is 0 Å². The normalized spacial score (nSPS) is 12.2. The molecule has 8 heteroatoms. The van der Waals surface area contributed by atoms with Crippen molar-refractivity contribution in [3.63, 3.8) is 0 Å². The van der Waals surface area contributed by atoms with E-state index in [4.69, 9.17) is 0 Å². The SMILES string of the molecule is CCCCCC[Si](CCCCCC)(CCCCCC)c1cc(Br)c(C(=O)C(=O)c2sc([Si](CCCCCC)(CCCCCC)CCCCCC)cc2Br)s1. The number of hydrogen-bond acceptors (Lipinski definition) is 4. The maximum absolute atomic E-state index is 14.4. The molecular weight excluding hydrogens is 865 g/mol. The summed E-state index contributed by atoms with van der Waals surface area (Å²) in [6, 6.07) is 12.5. The van der Waals surface area contributed by atoms with Gasteiger partial charge in [-0.25, -0.2) is 0 Å². The number of thiophene rings is 2. The molecule has 2 rings (SSSR count). The first-order valence-electron chi connectivity index (χ1n) is 22.9. The van der Waals surface area contributed by atoms with E-state index in [0.717, 1.165) is 8.95 Å². The molecule has 54 heavy (non-hydrogen) atoms. The molecule has 310 valence electrons. The highest BCUT2D eigenvalue weighted by atomic mass is 79.9. The molecule has 0 unspecified atom stereocenters. The van der Waals surface area contributed by atoms with Gasteiger partial charge in [-0.05, 0) is 53.0 Å². The summed E-state index contributed by atoms with van der Waals surface area (Å²) in [5.41, 5.74) is 0. The van der Waals surface area contributed by atoms with Crippen LogP contribution in [0.1, 0.15) is 215 Å². The van der Waals surface area contributed by atoms with Crippen LogP contribution in [0.25, 0.3) is 0 Å². The van der Waals surface area contributed by atoms with Gasteiger partial charge in [-0.1, -0.05) is 232 Å². The van der Waals surface area contributed by atoms with Gasteiger partial charge in [0.25, 0.3) is 0 Å². The topological polar surface area (TPSA) is 34.1 Å². The van der Waals surface area contributed by atoms with Crippen LogP contribution in [0.2, 0.25) is 36.3 Å². The number of carbonyl (C=O) groups is 2. The van der Waals surface area contributed by atoms with Gasteiger partial charge in [-0.3, -0.25) is 9.59 Å². The van der Waals surface area contributed by atoms with Crippen molar-refractivity contribution in [3.05, 3.63) is 30.8 Å². The lowest BCUT2D eigenvalue weighted by Gasteiger charge is -2.32. The molecule has 0 aromatic carbocycles. The Morgan fingerprint density at radius 2 is 0.630 bits per heavy atom. The van der Waals surface area contributed by atoms with Crippen LogP contribution in [0.15, 0.2) is 21.1 Å². The molecule has 0 amide bonds. The smallest absolute Gasteiger partial charge is 0.245 e. The maximum atomic E-state index is 14.4. The van der Waals surface area contributed by atoms with Gasteiger partial charge >= 0.3 is 0 Å². The van der Waals surface area contributed by atoms with Gasteiger partial charge in [0.1, 0.15) is 0 Å². The monoisotopic (exact) mass is 942 g/mol. The fraction of sp³-hybridized carbons (Fsp3) is 0.783. The summed E-state index contributed by atoms with van der Waals surface area (Å²) < 4.78 is 4.65. The molecule has 0 aliphatic heterocycles. The number of carbonyl (C=O) groups excluding carboxylic acids is 2. The Labute approximate surface area is 360 Å². The van der Waals surface area contributed by atoms with E-state index < -0.39 is 16.1 Å². The largest absolute Gasteiger partial charge is 0.284 e. The maximum Gasteiger partial charge on any atom is 0.245 e. The van der Waals surface area contributed by atoms with Gasteiger partial charge in [0, 0.05) is 8.95 Å². The van der Waals surface area contributed by atoms with Crippen LogP contribution in [-0.2, 0) is 0 Å². The Morgan fingerprint density at radius 3 is 0.833 bits per heavy atom. The van der Waals surface area contributed by atoms with E-state index in [0.29, 0.717) is 9.75 Å². The molecule has 0 saturated heterocycles. The van der Waals surface area contributed by atoms with E-state index in [9.17, 15) is 9.59 Å². The lowest BCUT2D eigenvalue weighted by Crippen LogP contribution is -2.46. The van der Waals surface area contributed by atoms with Crippen LogP contribution < -0.4 is 9.00 Å². The minimum atomic E-state index is -1.86. The molecule has 2 aromatic heterocycles. The molecule has 2 heterocycles. The standard InChI is InChI=1S/C46H80Br2O2S2Si2/c1-7-13-19-25-31-53(32-26-20-14-8-2,33-27-21-15-9-3)41-37-39(47)45(51-41)43(49)44(50)46-40(48)38-42(52-46)54(34-28-22-16-10-4,35-29-23-17-11-5)36-30-24-18-12-6/h37-38H,7-36H2,1-6H3. The molecular formula is C46H80Br2O2S2Si2. The van der Waals surface area contributed by atoms with Crippen molar-refractivity contribution in [2.45, 2.75) is 232 Å². The van der Waals surface area contributed by atoms with Gasteiger partial charge in [-0.2, -0.15) is 0 Å². The number of hydrogen-bond donors (Lipinski definition) is 0. The van der Waals surface area contributed by atoms with Crippen molar-refractivity contribution in [1.29, 1.82) is 0 Å². The zero-order valence-corrected chi connectivity index (χ0v) is 42.6. The molecule has 0 atom stereocenters. The Morgan fingerprint density at radius 1 is 0.407 bits per heavy atom. The Bertz CT molecular complexity index is 1140. The minimum Gasteiger partial charge on any atom is -0.284 e. The predicted octanol–water partition coefficient (Wildman–Crippen LogP) is 17.2. The summed E-state index contributed by atoms with van der Waals surface area (Å²) in [5, 5.41) is 0. The number of ketones is 2. The van der Waals surface area contributed by atoms with Crippen molar-refractivity contribution in [2.75, 3.05) is 0 Å². The first-order valence-corrected chi connectivity index (χ1v) is 31.3. The molecule has 0 bridgehead atoms. The molecule has 0 radical (unpaired) electrons. The summed E-state index contributed by atoms with van der Waals surface area (Å²) in [7, 11) is -3.71.